The highest BCUT2D eigenvalue weighted by atomic mass is 16.6. The lowest BCUT2D eigenvalue weighted by Gasteiger charge is -2.10. The normalized spacial score (nSPS) is 11.3. The number of hydrogen-bond donors (Lipinski definition) is 1. The fourth-order valence-corrected chi connectivity index (χ4v) is 1.25. The average Bonchev–Trinajstić information content (AvgIpc) is 2.35. The van der Waals surface area contributed by atoms with Gasteiger partial charge in [-0.05, 0) is 18.6 Å². The van der Waals surface area contributed by atoms with Crippen LogP contribution in [-0.4, -0.2) is 22.1 Å². The molecule has 0 aliphatic heterocycles. The molecule has 0 saturated heterocycles. The SMILES string of the molecule is CCC(C#N)Oc1ccc(C(=O)O)cc1[N+](=O)[O-]. The Morgan fingerprint density at radius 2 is 2.33 bits per heavy atom. The minimum atomic E-state index is -1.27. The summed E-state index contributed by atoms with van der Waals surface area (Å²) in [5.41, 5.74) is -0.678. The highest BCUT2D eigenvalue weighted by molar-refractivity contribution is 5.88. The van der Waals surface area contributed by atoms with Gasteiger partial charge in [0.15, 0.2) is 11.9 Å². The summed E-state index contributed by atoms with van der Waals surface area (Å²) in [4.78, 5) is 20.8. The van der Waals surface area contributed by atoms with Gasteiger partial charge in [-0.15, -0.1) is 0 Å². The molecule has 0 saturated carbocycles. The molecule has 1 atom stereocenters. The number of nitrogens with zero attached hydrogens (tertiary/aromatic N) is 2. The van der Waals surface area contributed by atoms with Crippen LogP contribution in [0.5, 0.6) is 5.75 Å². The third-order valence-electron chi connectivity index (χ3n) is 2.19. The maximum absolute atomic E-state index is 10.8. The Bertz CT molecular complexity index is 521. The maximum Gasteiger partial charge on any atom is 0.335 e. The number of nitro benzene ring substituents is 1. The van der Waals surface area contributed by atoms with E-state index >= 15 is 0 Å². The highest BCUT2D eigenvalue weighted by Gasteiger charge is 2.20. The van der Waals surface area contributed by atoms with Gasteiger partial charge in [0, 0.05) is 6.07 Å². The van der Waals surface area contributed by atoms with Crippen molar-refractivity contribution in [3.8, 4) is 11.8 Å². The smallest absolute Gasteiger partial charge is 0.335 e. The summed E-state index contributed by atoms with van der Waals surface area (Å²) in [5.74, 6) is -1.38. The predicted octanol–water partition coefficient (Wildman–Crippen LogP) is 1.97. The molecule has 1 aromatic rings. The molecule has 94 valence electrons. The molecule has 0 amide bonds. The van der Waals surface area contributed by atoms with Gasteiger partial charge in [-0.3, -0.25) is 10.1 Å². The number of nitro groups is 1. The Morgan fingerprint density at radius 1 is 1.67 bits per heavy atom. The lowest BCUT2D eigenvalue weighted by atomic mass is 10.2. The molecule has 1 N–H and O–H groups in total. The van der Waals surface area contributed by atoms with Crippen LogP contribution in [0.3, 0.4) is 0 Å². The quantitative estimate of drug-likeness (QED) is 0.631. The van der Waals surface area contributed by atoms with Gasteiger partial charge in [0.1, 0.15) is 6.07 Å². The summed E-state index contributed by atoms with van der Waals surface area (Å²) < 4.78 is 5.14. The summed E-state index contributed by atoms with van der Waals surface area (Å²) in [6.07, 6.45) is -0.437. The van der Waals surface area contributed by atoms with Crippen LogP contribution in [0.25, 0.3) is 0 Å². The van der Waals surface area contributed by atoms with Crippen molar-refractivity contribution >= 4 is 11.7 Å². The zero-order valence-corrected chi connectivity index (χ0v) is 9.49. The molecule has 0 aromatic heterocycles. The van der Waals surface area contributed by atoms with Crippen molar-refractivity contribution in [1.29, 1.82) is 5.26 Å². The first-order valence-corrected chi connectivity index (χ1v) is 5.07. The zero-order chi connectivity index (χ0) is 13.7. The van der Waals surface area contributed by atoms with Gasteiger partial charge in [0.25, 0.3) is 0 Å². The number of carboxylic acid groups (broad SMARTS) is 1. The first-order valence-electron chi connectivity index (χ1n) is 5.07. The maximum atomic E-state index is 10.8. The van der Waals surface area contributed by atoms with Crippen LogP contribution in [-0.2, 0) is 0 Å². The van der Waals surface area contributed by atoms with Gasteiger partial charge in [-0.2, -0.15) is 5.26 Å². The van der Waals surface area contributed by atoms with E-state index in [-0.39, 0.29) is 11.3 Å². The summed E-state index contributed by atoms with van der Waals surface area (Å²) in [6.45, 7) is 1.70. The predicted molar refractivity (Wildman–Crippen MR) is 60.4 cm³/mol. The molecule has 0 aliphatic rings. The molecule has 1 unspecified atom stereocenters. The third-order valence-corrected chi connectivity index (χ3v) is 2.19. The molecule has 1 aromatic carbocycles. The molecule has 0 fully saturated rings. The molecule has 7 heteroatoms. The molecule has 0 heterocycles. The first kappa shape index (κ1) is 13.4. The molecule has 0 aliphatic carbocycles. The van der Waals surface area contributed by atoms with E-state index in [2.05, 4.69) is 0 Å². The molecule has 1 rings (SSSR count). The number of ether oxygens (including phenoxy) is 1. The van der Waals surface area contributed by atoms with Crippen molar-refractivity contribution in [3.63, 3.8) is 0 Å². The molecule has 18 heavy (non-hydrogen) atoms. The van der Waals surface area contributed by atoms with Crippen LogP contribution in [0, 0.1) is 21.4 Å². The second kappa shape index (κ2) is 5.63. The molecule has 0 spiro atoms. The van der Waals surface area contributed by atoms with E-state index in [1.54, 1.807) is 6.92 Å². The van der Waals surface area contributed by atoms with Crippen molar-refractivity contribution < 1.29 is 19.6 Å². The summed E-state index contributed by atoms with van der Waals surface area (Å²) in [7, 11) is 0. The Hall–Kier alpha value is -2.62. The topological polar surface area (TPSA) is 113 Å². The van der Waals surface area contributed by atoms with Crippen LogP contribution in [0.2, 0.25) is 0 Å². The van der Waals surface area contributed by atoms with Crippen LogP contribution >= 0.6 is 0 Å². The fraction of sp³-hybridized carbons (Fsp3) is 0.273. The number of hydrogen-bond acceptors (Lipinski definition) is 5. The van der Waals surface area contributed by atoms with Gasteiger partial charge in [-0.25, -0.2) is 4.79 Å². The van der Waals surface area contributed by atoms with Crippen LogP contribution in [0.1, 0.15) is 23.7 Å². The number of carboxylic acids is 1. The van der Waals surface area contributed by atoms with Gasteiger partial charge in [0.05, 0.1) is 10.5 Å². The number of benzene rings is 1. The minimum Gasteiger partial charge on any atom is -0.478 e. The summed E-state index contributed by atoms with van der Waals surface area (Å²) >= 11 is 0. The number of aromatic carboxylic acids is 1. The van der Waals surface area contributed by atoms with E-state index in [0.29, 0.717) is 6.42 Å². The van der Waals surface area contributed by atoms with E-state index in [1.807, 2.05) is 6.07 Å². The molecule has 0 radical (unpaired) electrons. The van der Waals surface area contributed by atoms with Crippen molar-refractivity contribution in [2.24, 2.45) is 0 Å². The first-order chi connectivity index (χ1) is 8.49. The zero-order valence-electron chi connectivity index (χ0n) is 9.49. The molecule has 0 bridgehead atoms. The van der Waals surface area contributed by atoms with Gasteiger partial charge in [0.2, 0.25) is 0 Å². The van der Waals surface area contributed by atoms with Crippen molar-refractivity contribution in [3.05, 3.63) is 33.9 Å². The lowest BCUT2D eigenvalue weighted by molar-refractivity contribution is -0.386. The van der Waals surface area contributed by atoms with Crippen LogP contribution < -0.4 is 4.74 Å². The van der Waals surface area contributed by atoms with Gasteiger partial charge < -0.3 is 9.84 Å². The third kappa shape index (κ3) is 2.95. The Balaban J connectivity index is 3.16. The largest absolute Gasteiger partial charge is 0.478 e. The average molecular weight is 250 g/mol. The van der Waals surface area contributed by atoms with Crippen LogP contribution in [0.4, 0.5) is 5.69 Å². The van der Waals surface area contributed by atoms with Gasteiger partial charge >= 0.3 is 11.7 Å². The number of carbonyl (C=O) groups is 1. The summed E-state index contributed by atoms with van der Waals surface area (Å²) in [5, 5.41) is 28.3. The summed E-state index contributed by atoms with van der Waals surface area (Å²) in [6, 6.07) is 5.12. The van der Waals surface area contributed by atoms with Crippen LogP contribution in [0.15, 0.2) is 18.2 Å². The molecule has 7 nitrogen and oxygen atoms in total. The second-order valence-corrected chi connectivity index (χ2v) is 3.39. The molecular weight excluding hydrogens is 240 g/mol. The standard InChI is InChI=1S/C11H10N2O5/c1-2-8(6-12)18-10-4-3-7(11(14)15)5-9(10)13(16)17/h3-5,8H,2H2,1H3,(H,14,15). The van der Waals surface area contributed by atoms with Crippen molar-refractivity contribution in [2.75, 3.05) is 0 Å². The monoisotopic (exact) mass is 250 g/mol. The number of rotatable bonds is 5. The highest BCUT2D eigenvalue weighted by Crippen LogP contribution is 2.29. The number of nitriles is 1. The Labute approximate surface area is 102 Å². The second-order valence-electron chi connectivity index (χ2n) is 3.39. The van der Waals surface area contributed by atoms with E-state index in [4.69, 9.17) is 15.1 Å². The van der Waals surface area contributed by atoms with Crippen molar-refractivity contribution in [2.45, 2.75) is 19.4 Å². The van der Waals surface area contributed by atoms with E-state index in [1.165, 1.54) is 12.1 Å². The molecular formula is C11H10N2O5. The van der Waals surface area contributed by atoms with E-state index in [9.17, 15) is 14.9 Å². The Morgan fingerprint density at radius 3 is 2.78 bits per heavy atom. The van der Waals surface area contributed by atoms with E-state index in [0.717, 1.165) is 6.07 Å². The minimum absolute atomic E-state index is 0.113. The Kier molecular flexibility index (Phi) is 4.21. The van der Waals surface area contributed by atoms with Gasteiger partial charge in [-0.1, -0.05) is 6.92 Å². The lowest BCUT2D eigenvalue weighted by Crippen LogP contribution is -2.13. The van der Waals surface area contributed by atoms with E-state index < -0.39 is 22.7 Å². The fourth-order valence-electron chi connectivity index (χ4n) is 1.25. The van der Waals surface area contributed by atoms with Crippen molar-refractivity contribution in [1.82, 2.24) is 0 Å².